The Hall–Kier alpha value is -2.36. The Morgan fingerprint density at radius 2 is 1.73 bits per heavy atom. The third-order valence-electron chi connectivity index (χ3n) is 3.25. The van der Waals surface area contributed by atoms with E-state index in [1.165, 1.54) is 0 Å². The third-order valence-corrected chi connectivity index (χ3v) is 3.25. The van der Waals surface area contributed by atoms with Gasteiger partial charge in [0.05, 0.1) is 12.6 Å². The first-order valence-corrected chi connectivity index (χ1v) is 7.50. The SMILES string of the molecule is CC(C)COc1ccc(C(=O)N[C@H](C)c2ccncc2)cc1. The fourth-order valence-corrected chi connectivity index (χ4v) is 1.98. The predicted molar refractivity (Wildman–Crippen MR) is 86.9 cm³/mol. The van der Waals surface area contributed by atoms with Crippen LogP contribution in [0.4, 0.5) is 0 Å². The van der Waals surface area contributed by atoms with Crippen LogP contribution >= 0.6 is 0 Å². The molecule has 2 rings (SSSR count). The number of hydrogen-bond acceptors (Lipinski definition) is 3. The summed E-state index contributed by atoms with van der Waals surface area (Å²) in [6.07, 6.45) is 3.44. The highest BCUT2D eigenvalue weighted by Crippen LogP contribution is 2.15. The van der Waals surface area contributed by atoms with E-state index < -0.39 is 0 Å². The van der Waals surface area contributed by atoms with Crippen molar-refractivity contribution in [3.8, 4) is 5.75 Å². The third kappa shape index (κ3) is 4.58. The lowest BCUT2D eigenvalue weighted by Gasteiger charge is -2.14. The van der Waals surface area contributed by atoms with Crippen molar-refractivity contribution < 1.29 is 9.53 Å². The van der Waals surface area contributed by atoms with Crippen LogP contribution in [0.1, 0.15) is 42.7 Å². The Balaban J connectivity index is 1.95. The van der Waals surface area contributed by atoms with Gasteiger partial charge in [-0.1, -0.05) is 13.8 Å². The van der Waals surface area contributed by atoms with Crippen molar-refractivity contribution >= 4 is 5.91 Å². The zero-order valence-corrected chi connectivity index (χ0v) is 13.2. The van der Waals surface area contributed by atoms with E-state index in [1.807, 2.05) is 31.2 Å². The monoisotopic (exact) mass is 298 g/mol. The van der Waals surface area contributed by atoms with E-state index in [9.17, 15) is 4.79 Å². The molecule has 0 aliphatic heterocycles. The average molecular weight is 298 g/mol. The number of carbonyl (C=O) groups is 1. The molecule has 0 aliphatic carbocycles. The minimum absolute atomic E-state index is 0.0626. The summed E-state index contributed by atoms with van der Waals surface area (Å²) in [5.74, 6) is 1.16. The van der Waals surface area contributed by atoms with Crippen molar-refractivity contribution in [1.29, 1.82) is 0 Å². The average Bonchev–Trinajstić information content (AvgIpc) is 2.54. The van der Waals surface area contributed by atoms with Crippen molar-refractivity contribution in [2.45, 2.75) is 26.8 Å². The number of pyridine rings is 1. The van der Waals surface area contributed by atoms with Crippen LogP contribution in [-0.4, -0.2) is 17.5 Å². The molecule has 0 aliphatic rings. The smallest absolute Gasteiger partial charge is 0.251 e. The summed E-state index contributed by atoms with van der Waals surface area (Å²) in [5, 5.41) is 2.97. The number of ether oxygens (including phenoxy) is 1. The molecule has 1 N–H and O–H groups in total. The molecule has 1 aromatic carbocycles. The molecule has 1 heterocycles. The van der Waals surface area contributed by atoms with Crippen molar-refractivity contribution in [3.05, 3.63) is 59.9 Å². The largest absolute Gasteiger partial charge is 0.493 e. The second-order valence-corrected chi connectivity index (χ2v) is 5.70. The van der Waals surface area contributed by atoms with Crippen LogP contribution in [-0.2, 0) is 0 Å². The molecule has 2 aromatic rings. The molecule has 0 saturated carbocycles. The van der Waals surface area contributed by atoms with Crippen LogP contribution in [0.15, 0.2) is 48.8 Å². The Morgan fingerprint density at radius 1 is 1.09 bits per heavy atom. The summed E-state index contributed by atoms with van der Waals surface area (Å²) in [5.41, 5.74) is 1.65. The quantitative estimate of drug-likeness (QED) is 0.886. The van der Waals surface area contributed by atoms with Crippen LogP contribution in [0.2, 0.25) is 0 Å². The lowest BCUT2D eigenvalue weighted by Crippen LogP contribution is -2.26. The van der Waals surface area contributed by atoms with E-state index in [0.29, 0.717) is 18.1 Å². The van der Waals surface area contributed by atoms with E-state index in [-0.39, 0.29) is 11.9 Å². The van der Waals surface area contributed by atoms with Gasteiger partial charge in [-0.05, 0) is 54.8 Å². The van der Waals surface area contributed by atoms with Gasteiger partial charge in [0.2, 0.25) is 0 Å². The van der Waals surface area contributed by atoms with Crippen molar-refractivity contribution in [1.82, 2.24) is 10.3 Å². The first-order chi connectivity index (χ1) is 10.6. The van der Waals surface area contributed by atoms with Gasteiger partial charge in [0, 0.05) is 18.0 Å². The van der Waals surface area contributed by atoms with Crippen LogP contribution in [0.5, 0.6) is 5.75 Å². The molecular weight excluding hydrogens is 276 g/mol. The van der Waals surface area contributed by atoms with Crippen molar-refractivity contribution in [2.24, 2.45) is 5.92 Å². The van der Waals surface area contributed by atoms with Crippen LogP contribution in [0.3, 0.4) is 0 Å². The Morgan fingerprint density at radius 3 is 2.32 bits per heavy atom. The molecular formula is C18H22N2O2. The number of aromatic nitrogens is 1. The fraction of sp³-hybridized carbons (Fsp3) is 0.333. The molecule has 22 heavy (non-hydrogen) atoms. The molecule has 1 amide bonds. The first kappa shape index (κ1) is 16.0. The van der Waals surface area contributed by atoms with Crippen molar-refractivity contribution in [2.75, 3.05) is 6.61 Å². The zero-order valence-electron chi connectivity index (χ0n) is 13.2. The number of carbonyl (C=O) groups excluding carboxylic acids is 1. The molecule has 4 heteroatoms. The molecule has 0 saturated heterocycles. The maximum absolute atomic E-state index is 12.2. The normalized spacial score (nSPS) is 12.0. The first-order valence-electron chi connectivity index (χ1n) is 7.50. The molecule has 0 unspecified atom stereocenters. The number of amides is 1. The summed E-state index contributed by atoms with van der Waals surface area (Å²) in [4.78, 5) is 16.2. The van der Waals surface area contributed by atoms with Crippen LogP contribution < -0.4 is 10.1 Å². The lowest BCUT2D eigenvalue weighted by molar-refractivity contribution is 0.0940. The molecule has 1 aromatic heterocycles. The van der Waals surface area contributed by atoms with E-state index >= 15 is 0 Å². The highest BCUT2D eigenvalue weighted by Gasteiger charge is 2.11. The highest BCUT2D eigenvalue weighted by molar-refractivity contribution is 5.94. The summed E-state index contributed by atoms with van der Waals surface area (Å²) in [6.45, 7) is 6.82. The van der Waals surface area contributed by atoms with Gasteiger partial charge in [-0.15, -0.1) is 0 Å². The van der Waals surface area contributed by atoms with Gasteiger partial charge in [0.25, 0.3) is 5.91 Å². The molecule has 0 spiro atoms. The number of hydrogen-bond donors (Lipinski definition) is 1. The summed E-state index contributed by atoms with van der Waals surface area (Å²) in [7, 11) is 0. The van der Waals surface area contributed by atoms with Gasteiger partial charge >= 0.3 is 0 Å². The van der Waals surface area contributed by atoms with E-state index in [2.05, 4.69) is 24.1 Å². The Labute approximate surface area is 131 Å². The number of benzene rings is 1. The lowest BCUT2D eigenvalue weighted by atomic mass is 10.1. The molecule has 1 atom stereocenters. The van der Waals surface area contributed by atoms with Crippen molar-refractivity contribution in [3.63, 3.8) is 0 Å². The fourth-order valence-electron chi connectivity index (χ4n) is 1.98. The standard InChI is InChI=1S/C18H22N2O2/c1-13(2)12-22-17-6-4-16(5-7-17)18(21)20-14(3)15-8-10-19-11-9-15/h4-11,13-14H,12H2,1-3H3,(H,20,21)/t14-/m1/s1. The van der Waals surface area contributed by atoms with Gasteiger partial charge in [0.1, 0.15) is 5.75 Å². The second kappa shape index (κ2) is 7.59. The molecule has 0 fully saturated rings. The van der Waals surface area contributed by atoms with E-state index in [0.717, 1.165) is 11.3 Å². The van der Waals surface area contributed by atoms with Gasteiger partial charge in [0.15, 0.2) is 0 Å². The van der Waals surface area contributed by atoms with Gasteiger partial charge in [-0.3, -0.25) is 9.78 Å². The molecule has 4 nitrogen and oxygen atoms in total. The molecule has 0 bridgehead atoms. The zero-order chi connectivity index (χ0) is 15.9. The highest BCUT2D eigenvalue weighted by atomic mass is 16.5. The Kier molecular flexibility index (Phi) is 5.53. The molecule has 116 valence electrons. The van der Waals surface area contributed by atoms with E-state index in [1.54, 1.807) is 24.5 Å². The van der Waals surface area contributed by atoms with Crippen LogP contribution in [0.25, 0.3) is 0 Å². The number of nitrogens with zero attached hydrogens (tertiary/aromatic N) is 1. The van der Waals surface area contributed by atoms with Gasteiger partial charge in [-0.25, -0.2) is 0 Å². The minimum Gasteiger partial charge on any atom is -0.493 e. The number of rotatable bonds is 6. The summed E-state index contributed by atoms with van der Waals surface area (Å²) in [6, 6.07) is 11.0. The predicted octanol–water partition coefficient (Wildman–Crippen LogP) is 3.61. The molecule has 0 radical (unpaired) electrons. The maximum atomic E-state index is 12.2. The van der Waals surface area contributed by atoms with E-state index in [4.69, 9.17) is 4.74 Å². The number of nitrogens with one attached hydrogen (secondary N) is 1. The second-order valence-electron chi connectivity index (χ2n) is 5.70. The minimum atomic E-state index is -0.0975. The van der Waals surface area contributed by atoms with Gasteiger partial charge in [-0.2, -0.15) is 0 Å². The Bertz CT molecular complexity index is 594. The van der Waals surface area contributed by atoms with Gasteiger partial charge < -0.3 is 10.1 Å². The maximum Gasteiger partial charge on any atom is 0.251 e. The topological polar surface area (TPSA) is 51.2 Å². The van der Waals surface area contributed by atoms with Crippen LogP contribution in [0, 0.1) is 5.92 Å². The summed E-state index contributed by atoms with van der Waals surface area (Å²) >= 11 is 0. The summed E-state index contributed by atoms with van der Waals surface area (Å²) < 4.78 is 5.61.